The van der Waals surface area contributed by atoms with Crippen molar-refractivity contribution in [3.63, 3.8) is 0 Å². The molecule has 2 aromatic carbocycles. The van der Waals surface area contributed by atoms with Gasteiger partial charge in [-0.3, -0.25) is 0 Å². The Morgan fingerprint density at radius 2 is 2.00 bits per heavy atom. The summed E-state index contributed by atoms with van der Waals surface area (Å²) < 4.78 is 5.43. The molecule has 0 spiro atoms. The number of benzene rings is 2. The van der Waals surface area contributed by atoms with Crippen molar-refractivity contribution in [1.29, 1.82) is 0 Å². The molecule has 1 aliphatic rings. The molecule has 1 atom stereocenters. The highest BCUT2D eigenvalue weighted by atomic mass is 16.5. The van der Waals surface area contributed by atoms with Crippen molar-refractivity contribution in [3.8, 4) is 0 Å². The van der Waals surface area contributed by atoms with Crippen LogP contribution in [0.25, 0.3) is 10.8 Å². The van der Waals surface area contributed by atoms with Gasteiger partial charge < -0.3 is 10.5 Å². The lowest BCUT2D eigenvalue weighted by molar-refractivity contribution is 0.0930. The molecule has 0 aromatic heterocycles. The van der Waals surface area contributed by atoms with Crippen molar-refractivity contribution in [2.24, 2.45) is 5.73 Å². The molecule has 0 saturated carbocycles. The summed E-state index contributed by atoms with van der Waals surface area (Å²) in [6.45, 7) is 1.31. The van der Waals surface area contributed by atoms with E-state index in [4.69, 9.17) is 10.5 Å². The summed E-state index contributed by atoms with van der Waals surface area (Å²) >= 11 is 0. The lowest BCUT2D eigenvalue weighted by Crippen LogP contribution is -2.23. The quantitative estimate of drug-likeness (QED) is 0.707. The lowest BCUT2D eigenvalue weighted by Gasteiger charge is -2.24. The molecule has 3 rings (SSSR count). The summed E-state index contributed by atoms with van der Waals surface area (Å²) in [5, 5.41) is 2.53. The normalized spacial score (nSPS) is 20.2. The van der Waals surface area contributed by atoms with E-state index in [0.29, 0.717) is 13.2 Å². The fourth-order valence-corrected chi connectivity index (χ4v) is 2.28. The molecule has 15 heavy (non-hydrogen) atoms. The third-order valence-electron chi connectivity index (χ3n) is 2.99. The Hall–Kier alpha value is -1.38. The maximum Gasteiger partial charge on any atom is 0.0721 e. The Kier molecular flexibility index (Phi) is 1.97. The molecule has 76 valence electrons. The second kappa shape index (κ2) is 3.33. The highest BCUT2D eigenvalue weighted by molar-refractivity contribution is 5.87. The topological polar surface area (TPSA) is 35.2 Å². The highest BCUT2D eigenvalue weighted by Gasteiger charge is 2.19. The van der Waals surface area contributed by atoms with Crippen LogP contribution in [0.2, 0.25) is 0 Å². The van der Waals surface area contributed by atoms with Crippen LogP contribution in [0.4, 0.5) is 0 Å². The first-order valence-electron chi connectivity index (χ1n) is 5.20. The number of nitrogens with two attached hydrogens (primary N) is 1. The Labute approximate surface area is 88.7 Å². The lowest BCUT2D eigenvalue weighted by atomic mass is 9.93. The molecule has 1 aliphatic heterocycles. The van der Waals surface area contributed by atoms with Crippen LogP contribution in [-0.4, -0.2) is 6.61 Å². The molecule has 0 radical (unpaired) electrons. The van der Waals surface area contributed by atoms with Crippen molar-refractivity contribution in [2.75, 3.05) is 6.61 Å². The smallest absolute Gasteiger partial charge is 0.0721 e. The fraction of sp³-hybridized carbons (Fsp3) is 0.231. The average molecular weight is 199 g/mol. The van der Waals surface area contributed by atoms with Gasteiger partial charge in [0.2, 0.25) is 0 Å². The first-order chi connectivity index (χ1) is 7.36. The average Bonchev–Trinajstić information content (AvgIpc) is 2.29. The molecule has 2 nitrogen and oxygen atoms in total. The minimum Gasteiger partial charge on any atom is -0.375 e. The first kappa shape index (κ1) is 8.89. The molecule has 0 aliphatic carbocycles. The van der Waals surface area contributed by atoms with Gasteiger partial charge >= 0.3 is 0 Å². The summed E-state index contributed by atoms with van der Waals surface area (Å²) in [5.41, 5.74) is 8.58. The van der Waals surface area contributed by atoms with Crippen LogP contribution >= 0.6 is 0 Å². The van der Waals surface area contributed by atoms with Crippen molar-refractivity contribution < 1.29 is 4.74 Å². The minimum atomic E-state index is 0.0137. The fourth-order valence-electron chi connectivity index (χ4n) is 2.28. The molecule has 0 amide bonds. The second-order valence-electron chi connectivity index (χ2n) is 3.98. The Morgan fingerprint density at radius 1 is 1.13 bits per heavy atom. The molecule has 0 unspecified atom stereocenters. The van der Waals surface area contributed by atoms with Gasteiger partial charge in [-0.05, 0) is 21.9 Å². The number of hydrogen-bond acceptors (Lipinski definition) is 2. The summed E-state index contributed by atoms with van der Waals surface area (Å²) in [4.78, 5) is 0. The summed E-state index contributed by atoms with van der Waals surface area (Å²) in [6.07, 6.45) is 0. The largest absolute Gasteiger partial charge is 0.375 e. The van der Waals surface area contributed by atoms with Gasteiger partial charge in [-0.1, -0.05) is 36.4 Å². The third kappa shape index (κ3) is 1.34. The SMILES string of the molecule is N[C@@H]1COCc2ccc3ccccc3c21. The molecule has 2 heteroatoms. The third-order valence-corrected chi connectivity index (χ3v) is 2.99. The van der Waals surface area contributed by atoms with Crippen LogP contribution in [-0.2, 0) is 11.3 Å². The summed E-state index contributed by atoms with van der Waals surface area (Å²) in [5.74, 6) is 0. The molecule has 2 aromatic rings. The van der Waals surface area contributed by atoms with E-state index >= 15 is 0 Å². The number of ether oxygens (including phenoxy) is 1. The van der Waals surface area contributed by atoms with Gasteiger partial charge in [0.05, 0.1) is 19.3 Å². The van der Waals surface area contributed by atoms with Crippen LogP contribution in [0.3, 0.4) is 0 Å². The van der Waals surface area contributed by atoms with Gasteiger partial charge in [-0.2, -0.15) is 0 Å². The minimum absolute atomic E-state index is 0.0137. The Balaban J connectivity index is 2.35. The number of rotatable bonds is 0. The molecular weight excluding hydrogens is 186 g/mol. The van der Waals surface area contributed by atoms with E-state index < -0.39 is 0 Å². The van der Waals surface area contributed by atoms with E-state index in [9.17, 15) is 0 Å². The molecule has 1 heterocycles. The zero-order valence-electron chi connectivity index (χ0n) is 8.44. The molecular formula is C13H13NO. The zero-order chi connectivity index (χ0) is 10.3. The van der Waals surface area contributed by atoms with Gasteiger partial charge in [0.15, 0.2) is 0 Å². The van der Waals surface area contributed by atoms with Crippen molar-refractivity contribution in [1.82, 2.24) is 0 Å². The zero-order valence-corrected chi connectivity index (χ0v) is 8.44. The number of hydrogen-bond donors (Lipinski definition) is 1. The van der Waals surface area contributed by atoms with Crippen LogP contribution in [0.15, 0.2) is 36.4 Å². The molecule has 0 bridgehead atoms. The second-order valence-corrected chi connectivity index (χ2v) is 3.98. The van der Waals surface area contributed by atoms with Crippen LogP contribution < -0.4 is 5.73 Å². The van der Waals surface area contributed by atoms with E-state index in [1.54, 1.807) is 0 Å². The molecule has 0 fully saturated rings. The van der Waals surface area contributed by atoms with Crippen molar-refractivity contribution >= 4 is 10.8 Å². The van der Waals surface area contributed by atoms with Gasteiger partial charge in [-0.15, -0.1) is 0 Å². The summed E-state index contributed by atoms with van der Waals surface area (Å²) in [6, 6.07) is 12.6. The van der Waals surface area contributed by atoms with Gasteiger partial charge in [0, 0.05) is 0 Å². The maximum atomic E-state index is 6.09. The Bertz CT molecular complexity index is 507. The van der Waals surface area contributed by atoms with E-state index in [-0.39, 0.29) is 6.04 Å². The molecule has 2 N–H and O–H groups in total. The van der Waals surface area contributed by atoms with Crippen LogP contribution in [0, 0.1) is 0 Å². The van der Waals surface area contributed by atoms with Crippen molar-refractivity contribution in [3.05, 3.63) is 47.5 Å². The first-order valence-corrected chi connectivity index (χ1v) is 5.20. The van der Waals surface area contributed by atoms with Gasteiger partial charge in [0.25, 0.3) is 0 Å². The van der Waals surface area contributed by atoms with E-state index in [0.717, 1.165) is 0 Å². The highest BCUT2D eigenvalue weighted by Crippen LogP contribution is 2.30. The maximum absolute atomic E-state index is 6.09. The standard InChI is InChI=1S/C13H13NO/c14-12-8-15-7-10-6-5-9-3-1-2-4-11(9)13(10)12/h1-6,12H,7-8,14H2/t12-/m1/s1. The summed E-state index contributed by atoms with van der Waals surface area (Å²) in [7, 11) is 0. The van der Waals surface area contributed by atoms with Crippen LogP contribution in [0.1, 0.15) is 17.2 Å². The predicted molar refractivity (Wildman–Crippen MR) is 60.5 cm³/mol. The van der Waals surface area contributed by atoms with Crippen molar-refractivity contribution in [2.45, 2.75) is 12.6 Å². The van der Waals surface area contributed by atoms with Crippen LogP contribution in [0.5, 0.6) is 0 Å². The predicted octanol–water partition coefficient (Wildman–Crippen LogP) is 2.37. The van der Waals surface area contributed by atoms with E-state index in [1.165, 1.54) is 21.9 Å². The molecule has 0 saturated heterocycles. The van der Waals surface area contributed by atoms with Gasteiger partial charge in [0.1, 0.15) is 0 Å². The van der Waals surface area contributed by atoms with Gasteiger partial charge in [-0.25, -0.2) is 0 Å². The van der Waals surface area contributed by atoms with E-state index in [2.05, 4.69) is 36.4 Å². The van der Waals surface area contributed by atoms with E-state index in [1.807, 2.05) is 0 Å². The number of fused-ring (bicyclic) bond motifs is 3. The monoisotopic (exact) mass is 199 g/mol. The Morgan fingerprint density at radius 3 is 2.93 bits per heavy atom.